The van der Waals surface area contributed by atoms with Gasteiger partial charge in [0, 0.05) is 48.4 Å². The number of carbonyl (C=O) groups is 2. The molecular formula is C23H25FN4O4S. The molecule has 0 aliphatic carbocycles. The van der Waals surface area contributed by atoms with Crippen LogP contribution in [0, 0.1) is 5.82 Å². The fourth-order valence-electron chi connectivity index (χ4n) is 3.97. The van der Waals surface area contributed by atoms with Gasteiger partial charge in [-0.05, 0) is 51.5 Å². The molecule has 4 rings (SSSR count). The van der Waals surface area contributed by atoms with Crippen molar-refractivity contribution in [2.24, 2.45) is 0 Å². The fourth-order valence-corrected chi connectivity index (χ4v) is 4.91. The Morgan fingerprint density at radius 1 is 1.24 bits per heavy atom. The SMILES string of the molecule is CC(C)(C)OC(=O)N1CCC(n2ccnc2-c2ccc(F)cc2)C(c2nc(C(=O)O)cs2)C1. The maximum atomic E-state index is 13.4. The van der Waals surface area contributed by atoms with E-state index in [1.54, 1.807) is 23.2 Å². The van der Waals surface area contributed by atoms with E-state index in [4.69, 9.17) is 4.74 Å². The molecule has 1 N–H and O–H groups in total. The molecule has 2 unspecified atom stereocenters. The third-order valence-corrected chi connectivity index (χ3v) is 6.39. The molecule has 3 heterocycles. The maximum absolute atomic E-state index is 13.4. The lowest BCUT2D eigenvalue weighted by molar-refractivity contribution is 0.0162. The predicted molar refractivity (Wildman–Crippen MR) is 121 cm³/mol. The molecule has 0 saturated carbocycles. The van der Waals surface area contributed by atoms with Gasteiger partial charge in [-0.15, -0.1) is 11.3 Å². The molecule has 1 amide bonds. The number of imidazole rings is 1. The summed E-state index contributed by atoms with van der Waals surface area (Å²) in [6, 6.07) is 5.99. The number of aromatic carboxylic acids is 1. The molecule has 174 valence electrons. The van der Waals surface area contributed by atoms with Crippen molar-refractivity contribution in [3.05, 3.63) is 58.6 Å². The number of halogens is 1. The molecule has 3 aromatic rings. The average molecular weight is 473 g/mol. The Morgan fingerprint density at radius 3 is 2.61 bits per heavy atom. The van der Waals surface area contributed by atoms with Gasteiger partial charge in [-0.25, -0.2) is 23.9 Å². The number of likely N-dealkylation sites (tertiary alicyclic amines) is 1. The Bertz CT molecular complexity index is 1150. The molecule has 33 heavy (non-hydrogen) atoms. The van der Waals surface area contributed by atoms with E-state index in [0.717, 1.165) is 5.56 Å². The first-order valence-corrected chi connectivity index (χ1v) is 11.5. The molecule has 0 radical (unpaired) electrons. The number of hydrogen-bond donors (Lipinski definition) is 1. The molecule has 1 aliphatic rings. The van der Waals surface area contributed by atoms with Crippen molar-refractivity contribution in [2.75, 3.05) is 13.1 Å². The van der Waals surface area contributed by atoms with E-state index in [-0.39, 0.29) is 23.5 Å². The molecule has 2 aromatic heterocycles. The Kier molecular flexibility index (Phi) is 6.20. The third-order valence-electron chi connectivity index (χ3n) is 5.41. The van der Waals surface area contributed by atoms with Gasteiger partial charge in [0.1, 0.15) is 22.3 Å². The van der Waals surface area contributed by atoms with E-state index in [1.165, 1.54) is 28.8 Å². The summed E-state index contributed by atoms with van der Waals surface area (Å²) in [5, 5.41) is 11.5. The van der Waals surface area contributed by atoms with Gasteiger partial charge < -0.3 is 19.3 Å². The summed E-state index contributed by atoms with van der Waals surface area (Å²) in [7, 11) is 0. The monoisotopic (exact) mass is 472 g/mol. The van der Waals surface area contributed by atoms with Crippen molar-refractivity contribution in [2.45, 2.75) is 44.8 Å². The van der Waals surface area contributed by atoms with Crippen LogP contribution in [-0.4, -0.2) is 55.3 Å². The topological polar surface area (TPSA) is 97.5 Å². The number of aromatic nitrogens is 3. The quantitative estimate of drug-likeness (QED) is 0.585. The molecular weight excluding hydrogens is 447 g/mol. The first-order chi connectivity index (χ1) is 15.6. The lowest BCUT2D eigenvalue weighted by Gasteiger charge is -2.39. The van der Waals surface area contributed by atoms with Gasteiger partial charge in [-0.1, -0.05) is 0 Å². The normalized spacial score (nSPS) is 18.8. The van der Waals surface area contributed by atoms with E-state index in [1.807, 2.05) is 31.5 Å². The summed E-state index contributed by atoms with van der Waals surface area (Å²) in [6.07, 6.45) is 3.72. The number of amides is 1. The highest BCUT2D eigenvalue weighted by atomic mass is 32.1. The molecule has 1 fully saturated rings. The molecule has 1 saturated heterocycles. The van der Waals surface area contributed by atoms with Crippen molar-refractivity contribution >= 4 is 23.4 Å². The number of ether oxygens (including phenoxy) is 1. The number of rotatable bonds is 4. The Hall–Kier alpha value is -3.27. The zero-order valence-corrected chi connectivity index (χ0v) is 19.4. The van der Waals surface area contributed by atoms with Crippen LogP contribution in [0.1, 0.15) is 54.6 Å². The van der Waals surface area contributed by atoms with E-state index < -0.39 is 17.7 Å². The van der Waals surface area contributed by atoms with Crippen LogP contribution >= 0.6 is 11.3 Å². The second kappa shape index (κ2) is 8.93. The van der Waals surface area contributed by atoms with Crippen LogP contribution in [0.2, 0.25) is 0 Å². The van der Waals surface area contributed by atoms with Crippen molar-refractivity contribution < 1.29 is 23.8 Å². The van der Waals surface area contributed by atoms with Gasteiger partial charge in [-0.3, -0.25) is 0 Å². The van der Waals surface area contributed by atoms with E-state index in [0.29, 0.717) is 30.3 Å². The number of benzene rings is 1. The van der Waals surface area contributed by atoms with Gasteiger partial charge in [0.2, 0.25) is 0 Å². The first-order valence-electron chi connectivity index (χ1n) is 10.6. The highest BCUT2D eigenvalue weighted by molar-refractivity contribution is 7.09. The molecule has 2 atom stereocenters. The van der Waals surface area contributed by atoms with Gasteiger partial charge in [-0.2, -0.15) is 0 Å². The summed E-state index contributed by atoms with van der Waals surface area (Å²) < 4.78 is 21.0. The Labute approximate surface area is 194 Å². The zero-order valence-electron chi connectivity index (χ0n) is 18.6. The minimum atomic E-state index is -1.09. The number of carboxylic acid groups (broad SMARTS) is 1. The molecule has 0 bridgehead atoms. The summed E-state index contributed by atoms with van der Waals surface area (Å²) >= 11 is 1.26. The van der Waals surface area contributed by atoms with Crippen LogP contribution < -0.4 is 0 Å². The standard InChI is InChI=1S/C23H25FN4O4S/c1-23(2,3)32-22(31)27-10-8-18(16(12-27)20-26-17(13-33-20)21(29)30)28-11-9-25-19(28)14-4-6-15(24)7-5-14/h4-7,9,11,13,16,18H,8,10,12H2,1-3H3,(H,29,30). The second-order valence-corrected chi connectivity index (χ2v) is 9.82. The largest absolute Gasteiger partial charge is 0.476 e. The lowest BCUT2D eigenvalue weighted by atomic mass is 9.92. The van der Waals surface area contributed by atoms with Crippen molar-refractivity contribution in [3.8, 4) is 11.4 Å². The van der Waals surface area contributed by atoms with Gasteiger partial charge in [0.05, 0.1) is 0 Å². The number of thiazole rings is 1. The van der Waals surface area contributed by atoms with Crippen molar-refractivity contribution in [1.29, 1.82) is 0 Å². The smallest absolute Gasteiger partial charge is 0.410 e. The van der Waals surface area contributed by atoms with Crippen LogP contribution in [0.5, 0.6) is 0 Å². The molecule has 1 aliphatic heterocycles. The molecule has 1 aromatic carbocycles. The maximum Gasteiger partial charge on any atom is 0.410 e. The number of hydrogen-bond acceptors (Lipinski definition) is 6. The van der Waals surface area contributed by atoms with Crippen molar-refractivity contribution in [1.82, 2.24) is 19.4 Å². The molecule has 10 heteroatoms. The van der Waals surface area contributed by atoms with E-state index in [2.05, 4.69) is 9.97 Å². The highest BCUT2D eigenvalue weighted by Gasteiger charge is 2.38. The predicted octanol–water partition coefficient (Wildman–Crippen LogP) is 4.81. The minimum absolute atomic E-state index is 0.0208. The number of carbonyl (C=O) groups excluding carboxylic acids is 1. The third kappa shape index (κ3) is 5.05. The van der Waals surface area contributed by atoms with Crippen LogP contribution in [0.3, 0.4) is 0 Å². The highest BCUT2D eigenvalue weighted by Crippen LogP contribution is 2.40. The first kappa shape index (κ1) is 22.9. The molecule has 0 spiro atoms. The van der Waals surface area contributed by atoms with Gasteiger partial charge in [0.25, 0.3) is 0 Å². The van der Waals surface area contributed by atoms with Gasteiger partial charge >= 0.3 is 12.1 Å². The number of piperidine rings is 1. The zero-order chi connectivity index (χ0) is 23.8. The number of carboxylic acids is 1. The van der Waals surface area contributed by atoms with Crippen molar-refractivity contribution in [3.63, 3.8) is 0 Å². The Morgan fingerprint density at radius 2 is 1.97 bits per heavy atom. The fraction of sp³-hybridized carbons (Fsp3) is 0.391. The van der Waals surface area contributed by atoms with Crippen LogP contribution in [0.15, 0.2) is 42.0 Å². The number of nitrogens with zero attached hydrogens (tertiary/aromatic N) is 4. The average Bonchev–Trinajstić information content (AvgIpc) is 3.43. The van der Waals surface area contributed by atoms with E-state index in [9.17, 15) is 19.1 Å². The van der Waals surface area contributed by atoms with Crippen LogP contribution in [-0.2, 0) is 4.74 Å². The summed E-state index contributed by atoms with van der Waals surface area (Å²) in [5.41, 5.74) is 0.119. The summed E-state index contributed by atoms with van der Waals surface area (Å²) in [5.74, 6) is -1.02. The summed E-state index contributed by atoms with van der Waals surface area (Å²) in [4.78, 5) is 34.6. The minimum Gasteiger partial charge on any atom is -0.476 e. The lowest BCUT2D eigenvalue weighted by Crippen LogP contribution is -2.45. The Balaban J connectivity index is 1.68. The van der Waals surface area contributed by atoms with E-state index >= 15 is 0 Å². The van der Waals surface area contributed by atoms with Crippen LogP contribution in [0.25, 0.3) is 11.4 Å². The summed E-state index contributed by atoms with van der Waals surface area (Å²) in [6.45, 7) is 6.24. The van der Waals surface area contributed by atoms with Crippen LogP contribution in [0.4, 0.5) is 9.18 Å². The molecule has 8 nitrogen and oxygen atoms in total. The van der Waals surface area contributed by atoms with Gasteiger partial charge in [0.15, 0.2) is 5.69 Å². The second-order valence-electron chi connectivity index (χ2n) is 8.93.